The number of benzene rings is 4. The van der Waals surface area contributed by atoms with Gasteiger partial charge >= 0.3 is 0 Å². The Morgan fingerprint density at radius 2 is 1.43 bits per heavy atom. The van der Waals surface area contributed by atoms with Crippen molar-refractivity contribution in [3.05, 3.63) is 124 Å². The number of carbonyl (C=O) groups is 5. The number of hydrogen-bond donors (Lipinski definition) is 3. The predicted molar refractivity (Wildman–Crippen MR) is 190 cm³/mol. The monoisotopic (exact) mass is 682 g/mol. The second kappa shape index (κ2) is 15.7. The Bertz CT molecular complexity index is 2190. The second-order valence-corrected chi connectivity index (χ2v) is 10.7. The van der Waals surface area contributed by atoms with Crippen molar-refractivity contribution in [2.24, 2.45) is 12.0 Å². The summed E-state index contributed by atoms with van der Waals surface area (Å²) in [6.45, 7) is 1.08. The van der Waals surface area contributed by atoms with Gasteiger partial charge in [0.1, 0.15) is 0 Å². The number of Topliss-reactive ketones (excluding diaryl/α,β-unsaturated/α-hetero) is 1. The van der Waals surface area contributed by atoms with Crippen LogP contribution in [0.15, 0.2) is 102 Å². The molecule has 0 radical (unpaired) electrons. The molecule has 4 heterocycles. The third kappa shape index (κ3) is 7.58. The number of nitrogens with one attached hydrogen (secondary N) is 1. The molecule has 0 fully saturated rings. The largest absolute Gasteiger partial charge is 0.494 e. The van der Waals surface area contributed by atoms with Crippen LogP contribution in [0.2, 0.25) is 0 Å². The number of halogens is 1. The van der Waals surface area contributed by atoms with Gasteiger partial charge in [-0.15, -0.1) is 12.4 Å². The van der Waals surface area contributed by atoms with E-state index in [4.69, 9.17) is 9.90 Å². The SMILES string of the molecule is C.CC(=O)O.CN1C(=O)C(=O)c2ccccc21.Cl.Cn1c(O)c(C2=c3ccccc3=NC2=O)c2ccccc21.O=C1Cc2ccccc2N1. The van der Waals surface area contributed by atoms with Gasteiger partial charge in [0.2, 0.25) is 5.91 Å². The summed E-state index contributed by atoms with van der Waals surface area (Å²) >= 11 is 0. The molecule has 252 valence electrons. The number of carboxylic acids is 1. The molecule has 3 aliphatic rings. The van der Waals surface area contributed by atoms with Crippen LogP contribution in [0, 0.1) is 0 Å². The van der Waals surface area contributed by atoms with Gasteiger partial charge in [0.15, 0.2) is 5.88 Å². The maximum Gasteiger partial charge on any atom is 0.300 e. The van der Waals surface area contributed by atoms with Crippen molar-refractivity contribution in [1.29, 1.82) is 0 Å². The summed E-state index contributed by atoms with van der Waals surface area (Å²) in [4.78, 5) is 59.9. The minimum absolute atomic E-state index is 0. The Morgan fingerprint density at radius 3 is 2.12 bits per heavy atom. The number of aromatic hydroxyl groups is 1. The molecule has 12 heteroatoms. The third-order valence-corrected chi connectivity index (χ3v) is 7.59. The lowest BCUT2D eigenvalue weighted by Crippen LogP contribution is -2.24. The van der Waals surface area contributed by atoms with Gasteiger partial charge in [-0.05, 0) is 35.9 Å². The molecular weight excluding hydrogens is 648 g/mol. The third-order valence-electron chi connectivity index (χ3n) is 7.59. The number of rotatable bonds is 1. The maximum absolute atomic E-state index is 12.3. The minimum Gasteiger partial charge on any atom is -0.494 e. The maximum atomic E-state index is 12.3. The van der Waals surface area contributed by atoms with Crippen LogP contribution in [0.1, 0.15) is 35.8 Å². The molecule has 0 bridgehead atoms. The van der Waals surface area contributed by atoms with Gasteiger partial charge < -0.3 is 25.0 Å². The van der Waals surface area contributed by atoms with E-state index >= 15 is 0 Å². The Labute approximate surface area is 288 Å². The van der Waals surface area contributed by atoms with E-state index in [1.165, 1.54) is 4.90 Å². The molecule has 3 aliphatic heterocycles. The molecular formula is C37H35ClN4O7. The number of anilines is 2. The predicted octanol–water partition coefficient (Wildman–Crippen LogP) is 4.42. The van der Waals surface area contributed by atoms with E-state index < -0.39 is 17.7 Å². The van der Waals surface area contributed by atoms with Crippen LogP contribution in [-0.2, 0) is 32.6 Å². The number of para-hydroxylation sites is 4. The first-order chi connectivity index (χ1) is 22.5. The molecule has 0 atom stereocenters. The molecule has 11 nitrogen and oxygen atoms in total. The van der Waals surface area contributed by atoms with Crippen LogP contribution in [-0.4, -0.2) is 51.3 Å². The highest BCUT2D eigenvalue weighted by Gasteiger charge is 2.32. The molecule has 1 aromatic heterocycles. The molecule has 0 saturated carbocycles. The Morgan fingerprint density at radius 1 is 0.837 bits per heavy atom. The smallest absolute Gasteiger partial charge is 0.300 e. The van der Waals surface area contributed by atoms with Crippen molar-refractivity contribution in [3.63, 3.8) is 0 Å². The summed E-state index contributed by atoms with van der Waals surface area (Å²) in [6, 6.07) is 29.8. The fourth-order valence-corrected chi connectivity index (χ4v) is 5.43. The summed E-state index contributed by atoms with van der Waals surface area (Å²) in [6.07, 6.45) is 0.538. The topological polar surface area (TPSA) is 158 Å². The highest BCUT2D eigenvalue weighted by molar-refractivity contribution is 6.52. The molecule has 5 aromatic rings. The number of carboxylic acid groups (broad SMARTS) is 1. The van der Waals surface area contributed by atoms with Crippen molar-refractivity contribution < 1.29 is 34.2 Å². The first-order valence-corrected chi connectivity index (χ1v) is 14.5. The zero-order valence-corrected chi connectivity index (χ0v) is 26.9. The molecule has 0 spiro atoms. The van der Waals surface area contributed by atoms with Gasteiger partial charge in [0, 0.05) is 37.3 Å². The average Bonchev–Trinajstić information content (AvgIpc) is 3.74. The van der Waals surface area contributed by atoms with Crippen LogP contribution < -0.4 is 20.8 Å². The van der Waals surface area contributed by atoms with Gasteiger partial charge in [-0.1, -0.05) is 74.2 Å². The summed E-state index contributed by atoms with van der Waals surface area (Å²) in [5, 5.41) is 22.9. The zero-order valence-electron chi connectivity index (χ0n) is 26.1. The van der Waals surface area contributed by atoms with Gasteiger partial charge in [-0.25, -0.2) is 4.99 Å². The minimum atomic E-state index is -0.833. The fourth-order valence-electron chi connectivity index (χ4n) is 5.43. The first kappa shape index (κ1) is 37.4. The zero-order chi connectivity index (χ0) is 33.8. The van der Waals surface area contributed by atoms with Crippen LogP contribution in [0.4, 0.5) is 11.4 Å². The number of hydrogen-bond acceptors (Lipinski definition) is 6. The highest BCUT2D eigenvalue weighted by atomic mass is 35.5. The molecule has 0 saturated heterocycles. The number of aryl methyl sites for hydroxylation is 1. The van der Waals surface area contributed by atoms with Crippen LogP contribution in [0.3, 0.4) is 0 Å². The normalized spacial score (nSPS) is 13.0. The number of fused-ring (bicyclic) bond motifs is 4. The van der Waals surface area contributed by atoms with Crippen molar-refractivity contribution >= 4 is 69.7 Å². The van der Waals surface area contributed by atoms with E-state index in [0.717, 1.165) is 34.3 Å². The van der Waals surface area contributed by atoms with Gasteiger partial charge in [0.25, 0.3) is 23.6 Å². The quantitative estimate of drug-likeness (QED) is 0.221. The number of nitrogens with zero attached hydrogens (tertiary/aromatic N) is 3. The molecule has 8 rings (SSSR count). The number of carbonyl (C=O) groups excluding carboxylic acids is 4. The summed E-state index contributed by atoms with van der Waals surface area (Å²) in [5.41, 5.74) is 5.19. The Kier molecular flexibility index (Phi) is 12.0. The second-order valence-electron chi connectivity index (χ2n) is 10.7. The molecule has 0 unspecified atom stereocenters. The molecule has 49 heavy (non-hydrogen) atoms. The van der Waals surface area contributed by atoms with Crippen molar-refractivity contribution in [3.8, 4) is 5.88 Å². The highest BCUT2D eigenvalue weighted by Crippen LogP contribution is 2.35. The summed E-state index contributed by atoms with van der Waals surface area (Å²) in [5.74, 6) is -1.81. The van der Waals surface area contributed by atoms with E-state index in [1.807, 2.05) is 72.8 Å². The van der Waals surface area contributed by atoms with Crippen LogP contribution in [0.5, 0.6) is 5.88 Å². The number of aliphatic carboxylic acids is 1. The number of likely N-dealkylation sites (N-methyl/N-ethyl adjacent to an activating group) is 1. The lowest BCUT2D eigenvalue weighted by Gasteiger charge is -2.06. The fraction of sp³-hybridized carbons (Fsp3) is 0.135. The molecule has 0 aliphatic carbocycles. The van der Waals surface area contributed by atoms with Crippen molar-refractivity contribution in [1.82, 2.24) is 4.57 Å². The number of aromatic nitrogens is 1. The molecule has 4 aromatic carbocycles. The van der Waals surface area contributed by atoms with E-state index in [0.29, 0.717) is 34.2 Å². The summed E-state index contributed by atoms with van der Waals surface area (Å²) < 4.78 is 1.69. The van der Waals surface area contributed by atoms with E-state index in [-0.39, 0.29) is 37.5 Å². The summed E-state index contributed by atoms with van der Waals surface area (Å²) in [7, 11) is 3.39. The van der Waals surface area contributed by atoms with Gasteiger partial charge in [-0.2, -0.15) is 0 Å². The Hall–Kier alpha value is -6.07. The van der Waals surface area contributed by atoms with Gasteiger partial charge in [0.05, 0.1) is 39.7 Å². The Balaban J connectivity index is 0.000000199. The van der Waals surface area contributed by atoms with Gasteiger partial charge in [-0.3, -0.25) is 24.0 Å². The standard InChI is InChI=1S/C17H12N2O2.C9H7NO2.C8H7NO.C2H4O2.CH4.ClH/c1-19-13-9-5-3-7-11(13)15(17(19)21)14-10-6-2-4-8-12(10)18-16(14)20;1-10-7-5-3-2-4-6(7)8(11)9(10)12;10-8-5-6-3-1-2-4-7(6)9-8;1-2(3)4;;/h2-9,21H,1H3;2-5H,1H3;1-4H,5H2,(H,9,10);1H3,(H,3,4);1H4;1H. The van der Waals surface area contributed by atoms with E-state index in [1.54, 1.807) is 42.9 Å². The van der Waals surface area contributed by atoms with E-state index in [2.05, 4.69) is 10.3 Å². The number of amides is 3. The van der Waals surface area contributed by atoms with Crippen LogP contribution in [0.25, 0.3) is 16.5 Å². The van der Waals surface area contributed by atoms with Crippen molar-refractivity contribution in [2.75, 3.05) is 17.3 Å². The lowest BCUT2D eigenvalue weighted by molar-refractivity contribution is -0.134. The average molecular weight is 683 g/mol. The first-order valence-electron chi connectivity index (χ1n) is 14.5. The molecule has 3 N–H and O–H groups in total. The molecule has 3 amide bonds. The van der Waals surface area contributed by atoms with Crippen LogP contribution >= 0.6 is 12.4 Å². The lowest BCUT2D eigenvalue weighted by atomic mass is 10.0. The van der Waals surface area contributed by atoms with Crippen molar-refractivity contribution in [2.45, 2.75) is 20.8 Å². The number of ketones is 1. The van der Waals surface area contributed by atoms with E-state index in [9.17, 15) is 24.3 Å².